The van der Waals surface area contributed by atoms with Gasteiger partial charge in [-0.2, -0.15) is 0 Å². The minimum absolute atomic E-state index is 0.102. The Hall–Kier alpha value is -2.97. The lowest BCUT2D eigenvalue weighted by atomic mass is 9.69. The Kier molecular flexibility index (Phi) is 10.4. The molecule has 1 aliphatic carbocycles. The van der Waals surface area contributed by atoms with Gasteiger partial charge in [0.05, 0.1) is 31.2 Å². The maximum atomic E-state index is 13.5. The molecule has 0 spiro atoms. The first-order valence-electron chi connectivity index (χ1n) is 15.0. The van der Waals surface area contributed by atoms with Gasteiger partial charge in [0.15, 0.2) is 0 Å². The number of hydrogen-bond donors (Lipinski definition) is 2. The third-order valence-electron chi connectivity index (χ3n) is 8.87. The van der Waals surface area contributed by atoms with Crippen LogP contribution in [-0.4, -0.2) is 65.9 Å². The van der Waals surface area contributed by atoms with Gasteiger partial charge in [-0.3, -0.25) is 19.3 Å². The highest BCUT2D eigenvalue weighted by atomic mass is 16.5. The van der Waals surface area contributed by atoms with Gasteiger partial charge in [-0.25, -0.2) is 0 Å². The second kappa shape index (κ2) is 13.8. The lowest BCUT2D eigenvalue weighted by Gasteiger charge is -2.31. The summed E-state index contributed by atoms with van der Waals surface area (Å²) in [4.78, 5) is 39.1. The highest BCUT2D eigenvalue weighted by Crippen LogP contribution is 2.50. The number of rotatable bonds is 14. The molecule has 1 aromatic rings. The summed E-state index contributed by atoms with van der Waals surface area (Å²) < 4.78 is 11.9. The number of nitrogens with zero attached hydrogens (tertiary/aromatic N) is 1. The van der Waals surface area contributed by atoms with Crippen LogP contribution < -0.4 is 0 Å². The summed E-state index contributed by atoms with van der Waals surface area (Å²) in [5.74, 6) is -1.58. The van der Waals surface area contributed by atoms with E-state index in [1.165, 1.54) is 10.5 Å². The van der Waals surface area contributed by atoms with Crippen LogP contribution in [0.15, 0.2) is 28.9 Å². The molecule has 4 rings (SSSR count). The summed E-state index contributed by atoms with van der Waals surface area (Å²) in [6.45, 7) is 7.21. The van der Waals surface area contributed by atoms with Crippen LogP contribution in [0.4, 0.5) is 0 Å². The van der Waals surface area contributed by atoms with E-state index in [0.717, 1.165) is 53.5 Å². The average Bonchev–Trinajstić information content (AvgIpc) is 3.45. The molecule has 0 radical (unpaired) electrons. The fourth-order valence-corrected chi connectivity index (χ4v) is 7.00. The molecular weight excluding hydrogens is 522 g/mol. The molecule has 8 heteroatoms. The Morgan fingerprint density at radius 1 is 1.07 bits per heavy atom. The van der Waals surface area contributed by atoms with Crippen LogP contribution in [-0.2, 0) is 23.9 Å². The molecule has 2 saturated heterocycles. The van der Waals surface area contributed by atoms with E-state index < -0.39 is 11.9 Å². The molecule has 0 bridgehead atoms. The lowest BCUT2D eigenvalue weighted by molar-refractivity contribution is -0.141. The molecule has 0 saturated carbocycles. The Balaban J connectivity index is 1.48. The van der Waals surface area contributed by atoms with Crippen molar-refractivity contribution in [1.82, 2.24) is 4.90 Å². The zero-order valence-electron chi connectivity index (χ0n) is 24.9. The SMILES string of the molecule is CCC/C(=C\c1cc(C)c(O)c(C)c1)CC[C@H]1OC[C@H]2C1=C(COC)C[C@H]1C(=O)N(CCCCCC(=O)O)C(=O)[C@H]12. The average molecular weight is 568 g/mol. The van der Waals surface area contributed by atoms with Gasteiger partial charge in [-0.15, -0.1) is 0 Å². The van der Waals surface area contributed by atoms with Gasteiger partial charge in [-0.05, 0) is 92.3 Å². The molecule has 8 nitrogen and oxygen atoms in total. The lowest BCUT2D eigenvalue weighted by Crippen LogP contribution is -2.35. The van der Waals surface area contributed by atoms with Gasteiger partial charge in [0, 0.05) is 26.0 Å². The zero-order valence-corrected chi connectivity index (χ0v) is 24.9. The predicted molar refractivity (Wildman–Crippen MR) is 156 cm³/mol. The zero-order chi connectivity index (χ0) is 29.7. The molecule has 2 heterocycles. The third kappa shape index (κ3) is 6.92. The number of aryl methyl sites for hydroxylation is 2. The Labute approximate surface area is 243 Å². The van der Waals surface area contributed by atoms with E-state index in [0.29, 0.717) is 51.2 Å². The highest BCUT2D eigenvalue weighted by Gasteiger charge is 2.56. The van der Waals surface area contributed by atoms with Crippen LogP contribution in [0.1, 0.15) is 81.4 Å². The van der Waals surface area contributed by atoms with Crippen molar-refractivity contribution in [2.75, 3.05) is 26.9 Å². The van der Waals surface area contributed by atoms with Gasteiger partial charge in [0.1, 0.15) is 5.75 Å². The number of carboxylic acid groups (broad SMARTS) is 1. The van der Waals surface area contributed by atoms with E-state index in [1.807, 2.05) is 26.0 Å². The number of methoxy groups -OCH3 is 1. The fraction of sp³-hybridized carbons (Fsp3) is 0.606. The number of phenols is 1. The van der Waals surface area contributed by atoms with Crippen LogP contribution in [0.3, 0.4) is 0 Å². The van der Waals surface area contributed by atoms with E-state index in [9.17, 15) is 19.5 Å². The van der Waals surface area contributed by atoms with Crippen molar-refractivity contribution in [2.45, 2.75) is 84.7 Å². The largest absolute Gasteiger partial charge is 0.507 e. The number of aliphatic carboxylic acids is 1. The van der Waals surface area contributed by atoms with E-state index in [4.69, 9.17) is 14.6 Å². The van der Waals surface area contributed by atoms with Crippen molar-refractivity contribution < 1.29 is 34.1 Å². The van der Waals surface area contributed by atoms with Gasteiger partial charge < -0.3 is 19.7 Å². The first kappa shape index (κ1) is 31.0. The number of fused-ring (bicyclic) bond motifs is 3. The molecule has 0 unspecified atom stereocenters. The molecular formula is C33H45NO7. The third-order valence-corrected chi connectivity index (χ3v) is 8.87. The first-order chi connectivity index (χ1) is 19.7. The molecule has 0 aromatic heterocycles. The normalized spacial score (nSPS) is 24.3. The number of carbonyl (C=O) groups is 3. The Morgan fingerprint density at radius 2 is 1.80 bits per heavy atom. The highest BCUT2D eigenvalue weighted by molar-refractivity contribution is 6.06. The Bertz CT molecular complexity index is 1190. The standard InChI is InChI=1S/C33H45NO7/c1-5-9-22(16-23-14-20(2)31(37)21(3)15-23)11-12-27-29-24(18-40-4)17-25-30(26(29)19-41-27)33(39)34(32(25)38)13-8-6-7-10-28(35)36/h14-16,25-27,30,37H,5-13,17-19H2,1-4H3,(H,35,36)/b22-16+/t25-,26+,27-,30-/m1/s1. The van der Waals surface area contributed by atoms with Gasteiger partial charge in [0.2, 0.25) is 11.8 Å². The van der Waals surface area contributed by atoms with Crippen molar-refractivity contribution in [3.8, 4) is 5.75 Å². The first-order valence-corrected chi connectivity index (χ1v) is 15.0. The molecule has 41 heavy (non-hydrogen) atoms. The van der Waals surface area contributed by atoms with Crippen LogP contribution in [0, 0.1) is 31.6 Å². The van der Waals surface area contributed by atoms with Crippen LogP contribution in [0.5, 0.6) is 5.75 Å². The van der Waals surface area contributed by atoms with Crippen LogP contribution in [0.25, 0.3) is 6.08 Å². The summed E-state index contributed by atoms with van der Waals surface area (Å²) in [6.07, 6.45) is 8.23. The molecule has 2 aliphatic heterocycles. The number of phenolic OH excluding ortho intramolecular Hbond substituents is 1. The number of unbranched alkanes of at least 4 members (excludes halogenated alkanes) is 2. The molecule has 2 fully saturated rings. The van der Waals surface area contributed by atoms with Crippen molar-refractivity contribution in [3.63, 3.8) is 0 Å². The van der Waals surface area contributed by atoms with Crippen LogP contribution in [0.2, 0.25) is 0 Å². The molecule has 4 atom stereocenters. The smallest absolute Gasteiger partial charge is 0.303 e. The second-order valence-electron chi connectivity index (χ2n) is 11.9. The fourth-order valence-electron chi connectivity index (χ4n) is 7.00. The van der Waals surface area contributed by atoms with E-state index in [1.54, 1.807) is 7.11 Å². The maximum Gasteiger partial charge on any atom is 0.303 e. The maximum absolute atomic E-state index is 13.5. The van der Waals surface area contributed by atoms with Crippen molar-refractivity contribution >= 4 is 23.9 Å². The minimum Gasteiger partial charge on any atom is -0.507 e. The van der Waals surface area contributed by atoms with E-state index in [2.05, 4.69) is 13.0 Å². The summed E-state index contributed by atoms with van der Waals surface area (Å²) in [6, 6.07) is 4.03. The molecule has 1 aromatic carbocycles. The number of hydrogen-bond acceptors (Lipinski definition) is 6. The van der Waals surface area contributed by atoms with E-state index in [-0.39, 0.29) is 36.2 Å². The topological polar surface area (TPSA) is 113 Å². The monoisotopic (exact) mass is 567 g/mol. The Morgan fingerprint density at radius 3 is 2.46 bits per heavy atom. The predicted octanol–water partition coefficient (Wildman–Crippen LogP) is 5.58. The van der Waals surface area contributed by atoms with Crippen molar-refractivity contribution in [2.24, 2.45) is 17.8 Å². The number of allylic oxidation sites excluding steroid dienone is 1. The summed E-state index contributed by atoms with van der Waals surface area (Å²) >= 11 is 0. The number of ether oxygens (including phenoxy) is 2. The quantitative estimate of drug-likeness (QED) is 0.171. The number of amides is 2. The number of carboxylic acids is 1. The van der Waals surface area contributed by atoms with Crippen LogP contribution >= 0.6 is 0 Å². The number of likely N-dealkylation sites (tertiary alicyclic amines) is 1. The van der Waals surface area contributed by atoms with E-state index >= 15 is 0 Å². The van der Waals surface area contributed by atoms with Gasteiger partial charge in [0.25, 0.3) is 0 Å². The minimum atomic E-state index is -0.827. The van der Waals surface area contributed by atoms with Crippen molar-refractivity contribution in [3.05, 3.63) is 45.5 Å². The number of carbonyl (C=O) groups excluding carboxylic acids is 2. The summed E-state index contributed by atoms with van der Waals surface area (Å²) in [7, 11) is 1.66. The molecule has 224 valence electrons. The van der Waals surface area contributed by atoms with Gasteiger partial charge >= 0.3 is 5.97 Å². The number of benzene rings is 1. The van der Waals surface area contributed by atoms with Gasteiger partial charge in [-0.1, -0.05) is 31.4 Å². The molecule has 2 N–H and O–H groups in total. The van der Waals surface area contributed by atoms with Crippen molar-refractivity contribution in [1.29, 1.82) is 0 Å². The molecule has 3 aliphatic rings. The molecule has 2 amide bonds. The number of imide groups is 1. The number of aromatic hydroxyl groups is 1. The summed E-state index contributed by atoms with van der Waals surface area (Å²) in [5.41, 5.74) is 6.40. The second-order valence-corrected chi connectivity index (χ2v) is 11.9. The summed E-state index contributed by atoms with van der Waals surface area (Å²) in [5, 5.41) is 19.0.